The van der Waals surface area contributed by atoms with E-state index in [0.717, 1.165) is 11.1 Å². The molecule has 0 aliphatic rings. The molecule has 2 aromatic carbocycles. The molecule has 104 valence electrons. The molecule has 0 spiro atoms. The Morgan fingerprint density at radius 1 is 1.20 bits per heavy atom. The van der Waals surface area contributed by atoms with Crippen molar-refractivity contribution in [2.75, 3.05) is 7.11 Å². The molecule has 20 heavy (non-hydrogen) atoms. The van der Waals surface area contributed by atoms with Crippen LogP contribution >= 0.6 is 0 Å². The van der Waals surface area contributed by atoms with Crippen LogP contribution in [0.2, 0.25) is 0 Å². The van der Waals surface area contributed by atoms with Crippen molar-refractivity contribution in [3.8, 4) is 5.75 Å². The van der Waals surface area contributed by atoms with Crippen LogP contribution in [0.1, 0.15) is 32.7 Å². The van der Waals surface area contributed by atoms with Crippen molar-refractivity contribution in [1.82, 2.24) is 4.57 Å². The van der Waals surface area contributed by atoms with E-state index in [0.29, 0.717) is 6.04 Å². The quantitative estimate of drug-likeness (QED) is 0.687. The summed E-state index contributed by atoms with van der Waals surface area (Å²) >= 11 is 0. The van der Waals surface area contributed by atoms with Gasteiger partial charge in [-0.05, 0) is 25.5 Å². The van der Waals surface area contributed by atoms with E-state index < -0.39 is 0 Å². The number of benzene rings is 2. The highest BCUT2D eigenvalue weighted by atomic mass is 16.5. The van der Waals surface area contributed by atoms with E-state index in [1.807, 2.05) is 0 Å². The van der Waals surface area contributed by atoms with Gasteiger partial charge in [0.05, 0.1) is 12.6 Å². The molecule has 3 aromatic rings. The van der Waals surface area contributed by atoms with Crippen LogP contribution in [-0.2, 0) is 0 Å². The van der Waals surface area contributed by atoms with Gasteiger partial charge in [-0.3, -0.25) is 0 Å². The van der Waals surface area contributed by atoms with Crippen molar-refractivity contribution < 1.29 is 4.74 Å². The van der Waals surface area contributed by atoms with Gasteiger partial charge in [0.1, 0.15) is 5.75 Å². The highest BCUT2D eigenvalue weighted by Crippen LogP contribution is 2.34. The molecule has 1 aromatic heterocycles. The Bertz CT molecular complexity index is 800. The molecule has 0 aliphatic carbocycles. The Morgan fingerprint density at radius 3 is 2.65 bits per heavy atom. The molecule has 2 nitrogen and oxygen atoms in total. The number of aromatic nitrogens is 1. The van der Waals surface area contributed by atoms with Crippen molar-refractivity contribution in [2.45, 2.75) is 32.7 Å². The summed E-state index contributed by atoms with van der Waals surface area (Å²) in [5, 5.41) is 4.80. The maximum absolute atomic E-state index is 5.50. The summed E-state index contributed by atoms with van der Waals surface area (Å²) in [6.07, 6.45) is 2.35. The summed E-state index contributed by atoms with van der Waals surface area (Å²) in [6, 6.07) is 11.1. The van der Waals surface area contributed by atoms with Crippen LogP contribution in [-0.4, -0.2) is 11.7 Å². The second kappa shape index (κ2) is 4.86. The van der Waals surface area contributed by atoms with Crippen molar-refractivity contribution in [3.05, 3.63) is 35.7 Å². The first kappa shape index (κ1) is 13.0. The predicted octanol–water partition coefficient (Wildman–Crippen LogP) is 4.29. The van der Waals surface area contributed by atoms with E-state index in [1.165, 1.54) is 34.5 Å². The van der Waals surface area contributed by atoms with Crippen LogP contribution in [0, 0.1) is 0 Å². The van der Waals surface area contributed by atoms with Gasteiger partial charge in [-0.1, -0.05) is 38.1 Å². The average molecular weight is 267 g/mol. The number of nitrogens with zero attached hydrogens (tertiary/aromatic N) is 1. The Labute approximate surface area is 119 Å². The highest BCUT2D eigenvalue weighted by Gasteiger charge is 2.16. The molecule has 3 rings (SSSR count). The van der Waals surface area contributed by atoms with Gasteiger partial charge in [0, 0.05) is 27.5 Å². The van der Waals surface area contributed by atoms with Gasteiger partial charge in [0.15, 0.2) is 0 Å². The molecule has 1 unspecified atom stereocenters. The zero-order valence-electron chi connectivity index (χ0n) is 12.4. The molecule has 0 amide bonds. The summed E-state index contributed by atoms with van der Waals surface area (Å²) in [5.74, 6) is 0.934. The Kier molecular flexibility index (Phi) is 3.17. The standard InChI is InChI=1S/C18H21NO/c1-5-7-12(2)19-13(3)14-8-6-9-15-17(20-4)11-10-16(19)18(14)15/h6,8-12H,3,5,7H2,1-2,4H3. The van der Waals surface area contributed by atoms with Gasteiger partial charge in [-0.25, -0.2) is 0 Å². The SMILES string of the molecule is C=c1c2cccc3c(OC)ccc(c32)n1C(C)CCC. The van der Waals surface area contributed by atoms with Crippen molar-refractivity contribution in [3.63, 3.8) is 0 Å². The number of hydrogen-bond donors (Lipinski definition) is 0. The van der Waals surface area contributed by atoms with Crippen LogP contribution < -0.4 is 10.1 Å². The number of rotatable bonds is 4. The minimum Gasteiger partial charge on any atom is -0.496 e. The summed E-state index contributed by atoms with van der Waals surface area (Å²) < 4.78 is 7.87. The normalized spacial score (nSPS) is 13.2. The van der Waals surface area contributed by atoms with Gasteiger partial charge in [0.2, 0.25) is 0 Å². The fourth-order valence-electron chi connectivity index (χ4n) is 3.31. The van der Waals surface area contributed by atoms with Gasteiger partial charge < -0.3 is 9.30 Å². The predicted molar refractivity (Wildman–Crippen MR) is 86.4 cm³/mol. The number of methoxy groups -OCH3 is 1. The smallest absolute Gasteiger partial charge is 0.126 e. The first-order valence-electron chi connectivity index (χ1n) is 7.27. The Hall–Kier alpha value is -1.96. The third-order valence-electron chi connectivity index (χ3n) is 4.21. The number of hydrogen-bond acceptors (Lipinski definition) is 1. The fraction of sp³-hybridized carbons (Fsp3) is 0.333. The molecule has 2 heteroatoms. The first-order chi connectivity index (χ1) is 9.69. The molecule has 0 bridgehead atoms. The van der Waals surface area contributed by atoms with Crippen LogP contribution in [0.15, 0.2) is 30.3 Å². The van der Waals surface area contributed by atoms with Gasteiger partial charge >= 0.3 is 0 Å². The average Bonchev–Trinajstić information content (AvgIpc) is 2.75. The summed E-state index contributed by atoms with van der Waals surface area (Å²) in [4.78, 5) is 0. The maximum Gasteiger partial charge on any atom is 0.126 e. The lowest BCUT2D eigenvalue weighted by atomic mass is 10.1. The fourth-order valence-corrected chi connectivity index (χ4v) is 3.31. The minimum atomic E-state index is 0.469. The minimum absolute atomic E-state index is 0.469. The van der Waals surface area contributed by atoms with Crippen LogP contribution in [0.5, 0.6) is 5.75 Å². The van der Waals surface area contributed by atoms with E-state index in [9.17, 15) is 0 Å². The van der Waals surface area contributed by atoms with E-state index in [4.69, 9.17) is 4.74 Å². The monoisotopic (exact) mass is 267 g/mol. The molecule has 0 radical (unpaired) electrons. The molecule has 1 heterocycles. The second-order valence-corrected chi connectivity index (χ2v) is 5.47. The molecule has 0 saturated carbocycles. The van der Waals surface area contributed by atoms with Crippen molar-refractivity contribution in [1.29, 1.82) is 0 Å². The zero-order chi connectivity index (χ0) is 14.3. The van der Waals surface area contributed by atoms with E-state index in [1.54, 1.807) is 7.11 Å². The van der Waals surface area contributed by atoms with Crippen LogP contribution in [0.4, 0.5) is 0 Å². The third-order valence-corrected chi connectivity index (χ3v) is 4.21. The molecular formula is C18H21NO. The van der Waals surface area contributed by atoms with E-state index in [-0.39, 0.29) is 0 Å². The van der Waals surface area contributed by atoms with Crippen molar-refractivity contribution in [2.24, 2.45) is 0 Å². The van der Waals surface area contributed by atoms with E-state index in [2.05, 4.69) is 55.3 Å². The third kappa shape index (κ3) is 1.71. The Morgan fingerprint density at radius 2 is 1.95 bits per heavy atom. The summed E-state index contributed by atoms with van der Waals surface area (Å²) in [6.45, 7) is 8.82. The van der Waals surface area contributed by atoms with Gasteiger partial charge in [-0.15, -0.1) is 0 Å². The largest absolute Gasteiger partial charge is 0.496 e. The van der Waals surface area contributed by atoms with E-state index >= 15 is 0 Å². The topological polar surface area (TPSA) is 14.2 Å². The summed E-state index contributed by atoms with van der Waals surface area (Å²) in [7, 11) is 1.73. The molecule has 0 saturated heterocycles. The van der Waals surface area contributed by atoms with Crippen molar-refractivity contribution >= 4 is 28.3 Å². The van der Waals surface area contributed by atoms with Crippen LogP contribution in [0.3, 0.4) is 0 Å². The lowest BCUT2D eigenvalue weighted by Gasteiger charge is -2.15. The lowest BCUT2D eigenvalue weighted by molar-refractivity contribution is 0.420. The van der Waals surface area contributed by atoms with Gasteiger partial charge in [-0.2, -0.15) is 0 Å². The molecule has 1 atom stereocenters. The molecule has 0 fully saturated rings. The Balaban J connectivity index is 2.42. The van der Waals surface area contributed by atoms with Crippen LogP contribution in [0.25, 0.3) is 28.3 Å². The molecule has 0 aliphatic heterocycles. The lowest BCUT2D eigenvalue weighted by Crippen LogP contribution is -2.18. The first-order valence-corrected chi connectivity index (χ1v) is 7.27. The summed E-state index contributed by atoms with van der Waals surface area (Å²) in [5.41, 5.74) is 1.27. The maximum atomic E-state index is 5.50. The highest BCUT2D eigenvalue weighted by molar-refractivity contribution is 6.12. The molecular weight excluding hydrogens is 246 g/mol. The second-order valence-electron chi connectivity index (χ2n) is 5.47. The zero-order valence-corrected chi connectivity index (χ0v) is 12.4. The number of ether oxygens (including phenoxy) is 1. The van der Waals surface area contributed by atoms with Gasteiger partial charge in [0.25, 0.3) is 0 Å². The molecule has 0 N–H and O–H groups in total.